The molecule has 0 atom stereocenters. The molecule has 3 aromatic rings. The first-order valence-electron chi connectivity index (χ1n) is 10.2. The summed E-state index contributed by atoms with van der Waals surface area (Å²) < 4.78 is 11.0. The third-order valence-corrected chi connectivity index (χ3v) is 5.00. The van der Waals surface area contributed by atoms with Crippen molar-refractivity contribution in [3.63, 3.8) is 0 Å². The largest absolute Gasteiger partial charge is 0.493 e. The topological polar surface area (TPSA) is 100 Å². The van der Waals surface area contributed by atoms with Crippen molar-refractivity contribution in [2.24, 2.45) is 0 Å². The number of amides is 2. The zero-order valence-corrected chi connectivity index (χ0v) is 19.3. The smallest absolute Gasteiger partial charge is 0.266 e. The number of benzene rings is 3. The fourth-order valence-corrected chi connectivity index (χ4v) is 3.11. The molecule has 0 aliphatic rings. The van der Waals surface area contributed by atoms with Crippen LogP contribution in [0.4, 0.5) is 11.4 Å². The van der Waals surface area contributed by atoms with Gasteiger partial charge in [0.05, 0.1) is 7.11 Å². The highest BCUT2D eigenvalue weighted by atomic mass is 35.5. The number of hydrogen-bond acceptors (Lipinski definition) is 5. The van der Waals surface area contributed by atoms with Gasteiger partial charge in [0, 0.05) is 16.4 Å². The van der Waals surface area contributed by atoms with Crippen LogP contribution in [0.15, 0.2) is 72.3 Å². The van der Waals surface area contributed by atoms with Crippen LogP contribution in [0.1, 0.15) is 11.1 Å². The summed E-state index contributed by atoms with van der Waals surface area (Å²) in [7, 11) is 1.46. The van der Waals surface area contributed by atoms with E-state index in [0.717, 1.165) is 5.56 Å². The standard InChI is InChI=1S/C26H22ClN3O4/c1-17-5-3-4-6-22(17)30-25(31)16-34-23-12-7-18(14-24(23)33-2)13-19(15-28)26(32)29-21-10-8-20(27)9-11-21/h3-14H,16H2,1-2H3,(H,29,32)(H,30,31)/b19-13-. The van der Waals surface area contributed by atoms with Gasteiger partial charge >= 0.3 is 0 Å². The maximum absolute atomic E-state index is 12.5. The molecule has 0 aliphatic carbocycles. The molecule has 0 aliphatic heterocycles. The lowest BCUT2D eigenvalue weighted by Crippen LogP contribution is -2.20. The number of aryl methyl sites for hydroxylation is 1. The summed E-state index contributed by atoms with van der Waals surface area (Å²) in [6.07, 6.45) is 1.43. The summed E-state index contributed by atoms with van der Waals surface area (Å²) in [5.74, 6) is -0.167. The highest BCUT2D eigenvalue weighted by Crippen LogP contribution is 2.29. The van der Waals surface area contributed by atoms with Gasteiger partial charge in [-0.05, 0) is 66.6 Å². The summed E-state index contributed by atoms with van der Waals surface area (Å²) in [5.41, 5.74) is 2.63. The molecule has 34 heavy (non-hydrogen) atoms. The van der Waals surface area contributed by atoms with E-state index >= 15 is 0 Å². The monoisotopic (exact) mass is 475 g/mol. The van der Waals surface area contributed by atoms with E-state index in [1.165, 1.54) is 13.2 Å². The number of carbonyl (C=O) groups is 2. The second-order valence-electron chi connectivity index (χ2n) is 7.19. The fourth-order valence-electron chi connectivity index (χ4n) is 2.98. The molecule has 0 fully saturated rings. The minimum absolute atomic E-state index is 0.0942. The molecule has 0 aromatic heterocycles. The van der Waals surface area contributed by atoms with Crippen LogP contribution < -0.4 is 20.1 Å². The normalized spacial score (nSPS) is 10.7. The van der Waals surface area contributed by atoms with Gasteiger partial charge in [-0.1, -0.05) is 35.9 Å². The molecule has 0 heterocycles. The van der Waals surface area contributed by atoms with Gasteiger partial charge in [0.2, 0.25) is 0 Å². The Morgan fingerprint density at radius 2 is 1.76 bits per heavy atom. The second kappa shape index (κ2) is 11.5. The lowest BCUT2D eigenvalue weighted by Gasteiger charge is -2.12. The van der Waals surface area contributed by atoms with Gasteiger partial charge in [0.15, 0.2) is 18.1 Å². The quantitative estimate of drug-likeness (QED) is 0.343. The van der Waals surface area contributed by atoms with Crippen molar-refractivity contribution in [1.29, 1.82) is 5.26 Å². The minimum Gasteiger partial charge on any atom is -0.493 e. The minimum atomic E-state index is -0.558. The van der Waals surface area contributed by atoms with Crippen LogP contribution in [-0.2, 0) is 9.59 Å². The first-order chi connectivity index (χ1) is 16.4. The van der Waals surface area contributed by atoms with E-state index in [-0.39, 0.29) is 18.1 Å². The molecule has 0 saturated heterocycles. The first kappa shape index (κ1) is 24.4. The molecule has 0 spiro atoms. The third kappa shape index (κ3) is 6.61. The van der Waals surface area contributed by atoms with Gasteiger partial charge in [-0.25, -0.2) is 0 Å². The van der Waals surface area contributed by atoms with Crippen molar-refractivity contribution in [2.75, 3.05) is 24.4 Å². The van der Waals surface area contributed by atoms with E-state index in [9.17, 15) is 14.9 Å². The first-order valence-corrected chi connectivity index (χ1v) is 10.6. The van der Waals surface area contributed by atoms with Crippen molar-refractivity contribution in [2.45, 2.75) is 6.92 Å². The Morgan fingerprint density at radius 1 is 1.03 bits per heavy atom. The zero-order chi connectivity index (χ0) is 24.5. The Labute approximate surface area is 202 Å². The summed E-state index contributed by atoms with van der Waals surface area (Å²) >= 11 is 5.85. The van der Waals surface area contributed by atoms with Crippen molar-refractivity contribution < 1.29 is 19.1 Å². The molecular weight excluding hydrogens is 454 g/mol. The lowest BCUT2D eigenvalue weighted by molar-refractivity contribution is -0.118. The number of carbonyl (C=O) groups excluding carboxylic acids is 2. The van der Waals surface area contributed by atoms with E-state index in [0.29, 0.717) is 33.5 Å². The lowest BCUT2D eigenvalue weighted by atomic mass is 10.1. The third-order valence-electron chi connectivity index (χ3n) is 4.74. The van der Waals surface area contributed by atoms with Crippen LogP contribution in [0, 0.1) is 18.3 Å². The van der Waals surface area contributed by atoms with Crippen LogP contribution in [0.25, 0.3) is 6.08 Å². The Bertz CT molecular complexity index is 1260. The molecule has 172 valence electrons. The molecule has 0 saturated carbocycles. The molecule has 0 radical (unpaired) electrons. The van der Waals surface area contributed by atoms with E-state index in [1.807, 2.05) is 37.3 Å². The number of anilines is 2. The van der Waals surface area contributed by atoms with Crippen molar-refractivity contribution in [3.8, 4) is 17.6 Å². The summed E-state index contributed by atoms with van der Waals surface area (Å²) in [4.78, 5) is 24.7. The van der Waals surface area contributed by atoms with Gasteiger partial charge in [0.1, 0.15) is 11.6 Å². The molecule has 8 heteroatoms. The Balaban J connectivity index is 1.68. The maximum atomic E-state index is 12.5. The Kier molecular flexibility index (Phi) is 8.27. The van der Waals surface area contributed by atoms with Gasteiger partial charge in [-0.3, -0.25) is 9.59 Å². The maximum Gasteiger partial charge on any atom is 0.266 e. The molecule has 2 amide bonds. The van der Waals surface area contributed by atoms with Crippen molar-refractivity contribution in [1.82, 2.24) is 0 Å². The predicted molar refractivity (Wildman–Crippen MR) is 132 cm³/mol. The van der Waals surface area contributed by atoms with Crippen LogP contribution in [0.2, 0.25) is 5.02 Å². The fraction of sp³-hybridized carbons (Fsp3) is 0.115. The van der Waals surface area contributed by atoms with Crippen LogP contribution in [0.5, 0.6) is 11.5 Å². The van der Waals surface area contributed by atoms with Crippen molar-refractivity contribution in [3.05, 3.63) is 88.5 Å². The van der Waals surface area contributed by atoms with Gasteiger partial charge < -0.3 is 20.1 Å². The highest BCUT2D eigenvalue weighted by Gasteiger charge is 2.12. The predicted octanol–water partition coefficient (Wildman–Crippen LogP) is 5.22. The number of nitrogens with one attached hydrogen (secondary N) is 2. The summed E-state index contributed by atoms with van der Waals surface area (Å²) in [6.45, 7) is 1.68. The number of nitriles is 1. The Morgan fingerprint density at radius 3 is 2.44 bits per heavy atom. The number of methoxy groups -OCH3 is 1. The molecule has 3 aromatic carbocycles. The van der Waals surface area contributed by atoms with E-state index in [1.54, 1.807) is 42.5 Å². The number of ether oxygens (including phenoxy) is 2. The molecule has 0 unspecified atom stereocenters. The number of nitrogens with zero attached hydrogens (tertiary/aromatic N) is 1. The number of halogens is 1. The summed E-state index contributed by atoms with van der Waals surface area (Å²) in [5, 5.41) is 15.4. The van der Waals surface area contributed by atoms with Crippen LogP contribution in [0.3, 0.4) is 0 Å². The average Bonchev–Trinajstić information content (AvgIpc) is 2.84. The number of para-hydroxylation sites is 1. The Hall–Kier alpha value is -4.28. The van der Waals surface area contributed by atoms with Crippen LogP contribution in [-0.4, -0.2) is 25.5 Å². The van der Waals surface area contributed by atoms with Crippen LogP contribution >= 0.6 is 11.6 Å². The molecule has 7 nitrogen and oxygen atoms in total. The van der Waals surface area contributed by atoms with Gasteiger partial charge in [-0.15, -0.1) is 0 Å². The molecule has 2 N–H and O–H groups in total. The molecule has 0 bridgehead atoms. The number of hydrogen-bond donors (Lipinski definition) is 2. The SMILES string of the molecule is COc1cc(/C=C(/C#N)C(=O)Nc2ccc(Cl)cc2)ccc1OCC(=O)Nc1ccccc1C. The zero-order valence-electron chi connectivity index (χ0n) is 18.6. The summed E-state index contributed by atoms with van der Waals surface area (Å²) in [6, 6.07) is 20.8. The van der Waals surface area contributed by atoms with E-state index in [2.05, 4.69) is 10.6 Å². The second-order valence-corrected chi connectivity index (χ2v) is 7.63. The van der Waals surface area contributed by atoms with E-state index in [4.69, 9.17) is 21.1 Å². The van der Waals surface area contributed by atoms with Gasteiger partial charge in [-0.2, -0.15) is 5.26 Å². The molecule has 3 rings (SSSR count). The average molecular weight is 476 g/mol. The van der Waals surface area contributed by atoms with E-state index < -0.39 is 5.91 Å². The van der Waals surface area contributed by atoms with Gasteiger partial charge in [0.25, 0.3) is 11.8 Å². The van der Waals surface area contributed by atoms with Crippen molar-refractivity contribution >= 4 is 40.9 Å². The highest BCUT2D eigenvalue weighted by molar-refractivity contribution is 6.30. The number of rotatable bonds is 8. The molecular formula is C26H22ClN3O4.